The van der Waals surface area contributed by atoms with Gasteiger partial charge in [-0.05, 0) is 68.4 Å². The monoisotopic (exact) mass is 517 g/mol. The van der Waals surface area contributed by atoms with E-state index in [4.69, 9.17) is 9.47 Å². The largest absolute Gasteiger partial charge is 0.491 e. The molecule has 0 aliphatic rings. The molecule has 1 aromatic carbocycles. The fourth-order valence-electron chi connectivity index (χ4n) is 3.90. The van der Waals surface area contributed by atoms with Crippen molar-refractivity contribution in [1.29, 1.82) is 0 Å². The fourth-order valence-corrected chi connectivity index (χ4v) is 5.13. The van der Waals surface area contributed by atoms with Crippen molar-refractivity contribution in [2.45, 2.75) is 92.2 Å². The van der Waals surface area contributed by atoms with Gasteiger partial charge in [0.1, 0.15) is 17.9 Å². The van der Waals surface area contributed by atoms with Crippen molar-refractivity contribution in [2.24, 2.45) is 5.41 Å². The van der Waals surface area contributed by atoms with E-state index in [1.165, 1.54) is 24.0 Å². The Morgan fingerprint density at radius 1 is 1.08 bits per heavy atom. The van der Waals surface area contributed by atoms with E-state index in [-0.39, 0.29) is 23.8 Å². The molecular weight excluding hydrogens is 474 g/mol. The van der Waals surface area contributed by atoms with Crippen molar-refractivity contribution in [3.63, 3.8) is 0 Å². The molecule has 0 saturated carbocycles. The molecule has 0 saturated heterocycles. The van der Waals surface area contributed by atoms with E-state index in [0.29, 0.717) is 4.88 Å². The fraction of sp³-hybridized carbons (Fsp3) is 0.586. The van der Waals surface area contributed by atoms with Gasteiger partial charge in [0.15, 0.2) is 0 Å². The molecule has 0 fully saturated rings. The van der Waals surface area contributed by atoms with Gasteiger partial charge >= 0.3 is 5.97 Å². The Morgan fingerprint density at radius 3 is 2.31 bits per heavy atom. The summed E-state index contributed by atoms with van der Waals surface area (Å²) < 4.78 is 10.8. The number of hydrogen-bond acceptors (Lipinski definition) is 6. The lowest BCUT2D eigenvalue weighted by atomic mass is 9.89. The number of aliphatic hydroxyl groups is 1. The molecule has 1 aromatic heterocycles. The number of nitrogens with one attached hydrogen (secondary N) is 1. The van der Waals surface area contributed by atoms with Crippen LogP contribution in [0.5, 0.6) is 5.75 Å². The van der Waals surface area contributed by atoms with E-state index in [1.807, 2.05) is 40.7 Å². The average Bonchev–Trinajstić information content (AvgIpc) is 3.18. The lowest BCUT2D eigenvalue weighted by Gasteiger charge is -2.26. The maximum absolute atomic E-state index is 13.0. The van der Waals surface area contributed by atoms with Crippen molar-refractivity contribution in [2.75, 3.05) is 13.7 Å². The number of aryl methyl sites for hydroxylation is 2. The number of carbonyl (C=O) groups excluding carboxylic acids is 2. The van der Waals surface area contributed by atoms with Crippen LogP contribution in [0.15, 0.2) is 24.3 Å². The molecule has 0 radical (unpaired) electrons. The van der Waals surface area contributed by atoms with Crippen molar-refractivity contribution >= 4 is 23.2 Å². The quantitative estimate of drug-likeness (QED) is 0.349. The molecule has 1 amide bonds. The predicted molar refractivity (Wildman–Crippen MR) is 146 cm³/mol. The van der Waals surface area contributed by atoms with Crippen LogP contribution < -0.4 is 10.1 Å². The van der Waals surface area contributed by atoms with Crippen LogP contribution >= 0.6 is 11.3 Å². The van der Waals surface area contributed by atoms with Crippen molar-refractivity contribution in [3.05, 3.63) is 50.7 Å². The second kappa shape index (κ2) is 12.2. The van der Waals surface area contributed by atoms with E-state index >= 15 is 0 Å². The molecule has 2 N–H and O–H groups in total. The van der Waals surface area contributed by atoms with E-state index < -0.39 is 17.6 Å². The van der Waals surface area contributed by atoms with Gasteiger partial charge in [-0.3, -0.25) is 4.79 Å². The summed E-state index contributed by atoms with van der Waals surface area (Å²) >= 11 is 1.48. The first-order chi connectivity index (χ1) is 16.7. The Kier molecular flexibility index (Phi) is 10.1. The van der Waals surface area contributed by atoms with Crippen LogP contribution in [0.4, 0.5) is 0 Å². The highest BCUT2D eigenvalue weighted by atomic mass is 32.1. The molecule has 2 aromatic rings. The minimum Gasteiger partial charge on any atom is -0.491 e. The SMILES string of the molecule is CCCCC(c1ccc(OCC(O)C(C)(C)C)c(C)c1)c1cc(C)c(C(=O)NC(C)(C)C(=O)OC)s1. The molecule has 0 aliphatic heterocycles. The van der Waals surface area contributed by atoms with Crippen LogP contribution in [0, 0.1) is 19.3 Å². The summed E-state index contributed by atoms with van der Waals surface area (Å²) in [7, 11) is 1.31. The van der Waals surface area contributed by atoms with Crippen LogP contribution in [0.2, 0.25) is 0 Å². The molecule has 0 aliphatic carbocycles. The van der Waals surface area contributed by atoms with Crippen LogP contribution in [0.25, 0.3) is 0 Å². The summed E-state index contributed by atoms with van der Waals surface area (Å²) in [4.78, 5) is 26.8. The number of ether oxygens (including phenoxy) is 2. The van der Waals surface area contributed by atoms with Crippen molar-refractivity contribution < 1.29 is 24.2 Å². The summed E-state index contributed by atoms with van der Waals surface area (Å²) in [6.07, 6.45) is 2.55. The molecule has 2 unspecified atom stereocenters. The molecular formula is C29H43NO5S. The first-order valence-corrected chi connectivity index (χ1v) is 13.5. The predicted octanol–water partition coefficient (Wildman–Crippen LogP) is 6.15. The topological polar surface area (TPSA) is 84.9 Å². The third-order valence-electron chi connectivity index (χ3n) is 6.45. The number of carbonyl (C=O) groups is 2. The molecule has 1 heterocycles. The van der Waals surface area contributed by atoms with Crippen LogP contribution in [-0.4, -0.2) is 42.3 Å². The Morgan fingerprint density at radius 2 is 1.75 bits per heavy atom. The van der Waals surface area contributed by atoms with Gasteiger partial charge in [-0.2, -0.15) is 0 Å². The van der Waals surface area contributed by atoms with E-state index in [9.17, 15) is 14.7 Å². The van der Waals surface area contributed by atoms with E-state index in [1.54, 1.807) is 13.8 Å². The lowest BCUT2D eigenvalue weighted by Crippen LogP contribution is -2.50. The number of rotatable bonds is 11. The number of benzene rings is 1. The molecule has 0 bridgehead atoms. The van der Waals surface area contributed by atoms with E-state index in [2.05, 4.69) is 30.4 Å². The molecule has 200 valence electrons. The summed E-state index contributed by atoms with van der Waals surface area (Å²) in [5.74, 6) is 0.158. The zero-order valence-corrected chi connectivity index (χ0v) is 24.1. The van der Waals surface area contributed by atoms with Gasteiger partial charge in [0.2, 0.25) is 0 Å². The van der Waals surface area contributed by atoms with E-state index in [0.717, 1.165) is 41.0 Å². The summed E-state index contributed by atoms with van der Waals surface area (Å²) in [5, 5.41) is 13.1. The maximum Gasteiger partial charge on any atom is 0.330 e. The Bertz CT molecular complexity index is 1050. The minimum atomic E-state index is -1.11. The first kappa shape index (κ1) is 29.8. The third kappa shape index (κ3) is 7.56. The average molecular weight is 518 g/mol. The maximum atomic E-state index is 13.0. The Hall–Kier alpha value is -2.38. The number of unbranched alkanes of at least 4 members (excludes halogenated alkanes) is 1. The minimum absolute atomic E-state index is 0.150. The summed E-state index contributed by atoms with van der Waals surface area (Å²) in [5.41, 5.74) is 1.72. The first-order valence-electron chi connectivity index (χ1n) is 12.6. The van der Waals surface area contributed by atoms with Gasteiger partial charge in [0.25, 0.3) is 5.91 Å². The standard InChI is InChI=1S/C29H43NO5S/c1-10-11-12-21(20-13-14-22(18(2)15-20)35-17-24(31)28(4,5)6)23-16-19(3)25(36-23)26(32)30-29(7,8)27(33)34-9/h13-16,21,24,31H,10-12,17H2,1-9H3,(H,30,32). The number of amides is 1. The van der Waals surface area contributed by atoms with Gasteiger partial charge in [-0.1, -0.05) is 52.7 Å². The smallest absolute Gasteiger partial charge is 0.330 e. The van der Waals surface area contributed by atoms with Crippen LogP contribution in [0.1, 0.15) is 98.0 Å². The number of esters is 1. The van der Waals surface area contributed by atoms with Gasteiger partial charge < -0.3 is 19.9 Å². The normalized spacial score (nSPS) is 13.7. The van der Waals surface area contributed by atoms with Gasteiger partial charge in [0.05, 0.1) is 18.1 Å². The van der Waals surface area contributed by atoms with Crippen LogP contribution in [-0.2, 0) is 9.53 Å². The number of aliphatic hydroxyl groups excluding tert-OH is 1. The van der Waals surface area contributed by atoms with Crippen molar-refractivity contribution in [1.82, 2.24) is 5.32 Å². The number of thiophene rings is 1. The summed E-state index contributed by atoms with van der Waals surface area (Å²) in [6.45, 7) is 15.6. The highest BCUT2D eigenvalue weighted by Gasteiger charge is 2.32. The van der Waals surface area contributed by atoms with Gasteiger partial charge in [0, 0.05) is 10.8 Å². The van der Waals surface area contributed by atoms with Gasteiger partial charge in [-0.15, -0.1) is 11.3 Å². The van der Waals surface area contributed by atoms with Crippen LogP contribution in [0.3, 0.4) is 0 Å². The summed E-state index contributed by atoms with van der Waals surface area (Å²) in [6, 6.07) is 8.30. The zero-order valence-electron chi connectivity index (χ0n) is 23.3. The molecule has 0 spiro atoms. The third-order valence-corrected chi connectivity index (χ3v) is 7.80. The highest BCUT2D eigenvalue weighted by Crippen LogP contribution is 2.38. The molecule has 6 nitrogen and oxygen atoms in total. The number of hydrogen-bond donors (Lipinski definition) is 2. The molecule has 36 heavy (non-hydrogen) atoms. The molecule has 7 heteroatoms. The van der Waals surface area contributed by atoms with Gasteiger partial charge in [-0.25, -0.2) is 4.79 Å². The lowest BCUT2D eigenvalue weighted by molar-refractivity contribution is -0.146. The highest BCUT2D eigenvalue weighted by molar-refractivity contribution is 7.14. The second-order valence-electron chi connectivity index (χ2n) is 11.1. The molecule has 2 rings (SSSR count). The number of methoxy groups -OCH3 is 1. The molecule has 2 atom stereocenters. The van der Waals surface area contributed by atoms with Crippen molar-refractivity contribution in [3.8, 4) is 5.75 Å². The second-order valence-corrected chi connectivity index (χ2v) is 12.2. The Labute approximate surface area is 220 Å². The Balaban J connectivity index is 2.30. The zero-order chi connectivity index (χ0) is 27.3.